The van der Waals surface area contributed by atoms with Crippen LogP contribution in [0.2, 0.25) is 0 Å². The van der Waals surface area contributed by atoms with Gasteiger partial charge < -0.3 is 25.2 Å². The molecule has 1 atom stereocenters. The highest BCUT2D eigenvalue weighted by molar-refractivity contribution is 14.0. The molecule has 8 heteroatoms. The molecule has 1 unspecified atom stereocenters. The van der Waals surface area contributed by atoms with Crippen molar-refractivity contribution in [3.63, 3.8) is 0 Å². The lowest BCUT2D eigenvalue weighted by Gasteiger charge is -2.16. The fourth-order valence-corrected chi connectivity index (χ4v) is 2.54. The van der Waals surface area contributed by atoms with Crippen LogP contribution in [0, 0.1) is 5.82 Å². The van der Waals surface area contributed by atoms with E-state index in [1.807, 2.05) is 19.1 Å². The molecule has 0 aliphatic carbocycles. The third kappa shape index (κ3) is 6.83. The van der Waals surface area contributed by atoms with Crippen LogP contribution in [-0.2, 0) is 6.54 Å². The van der Waals surface area contributed by atoms with Crippen LogP contribution in [0.1, 0.15) is 24.2 Å². The summed E-state index contributed by atoms with van der Waals surface area (Å²) in [7, 11) is 3.19. The van der Waals surface area contributed by atoms with E-state index >= 15 is 0 Å². The summed E-state index contributed by atoms with van der Waals surface area (Å²) in [6.07, 6.45) is -0.981. The molecular formula is C20H27FIN3O3. The van der Waals surface area contributed by atoms with Crippen molar-refractivity contribution in [3.05, 3.63) is 59.4 Å². The summed E-state index contributed by atoms with van der Waals surface area (Å²) < 4.78 is 24.3. The maximum Gasteiger partial charge on any atom is 0.191 e. The van der Waals surface area contributed by atoms with Crippen LogP contribution in [0.15, 0.2) is 47.5 Å². The number of rotatable bonds is 8. The number of benzene rings is 2. The maximum absolute atomic E-state index is 13.8. The van der Waals surface area contributed by atoms with E-state index in [1.165, 1.54) is 6.07 Å². The number of aliphatic hydroxyl groups excluding tert-OH is 1. The zero-order chi connectivity index (χ0) is 19.6. The third-order valence-electron chi connectivity index (χ3n) is 3.97. The van der Waals surface area contributed by atoms with Gasteiger partial charge in [0.05, 0.1) is 26.9 Å². The summed E-state index contributed by atoms with van der Waals surface area (Å²) in [6, 6.07) is 11.7. The summed E-state index contributed by atoms with van der Waals surface area (Å²) in [5.41, 5.74) is 1.14. The minimum absolute atomic E-state index is 0. The lowest BCUT2D eigenvalue weighted by Crippen LogP contribution is -2.39. The van der Waals surface area contributed by atoms with Crippen molar-refractivity contribution in [2.75, 3.05) is 27.3 Å². The second-order valence-corrected chi connectivity index (χ2v) is 5.79. The fourth-order valence-electron chi connectivity index (χ4n) is 2.54. The average molecular weight is 503 g/mol. The van der Waals surface area contributed by atoms with E-state index in [4.69, 9.17) is 9.47 Å². The molecule has 0 aliphatic rings. The highest BCUT2D eigenvalue weighted by Crippen LogP contribution is 2.25. The van der Waals surface area contributed by atoms with E-state index in [1.54, 1.807) is 38.5 Å². The van der Waals surface area contributed by atoms with Crippen molar-refractivity contribution in [2.45, 2.75) is 19.6 Å². The smallest absolute Gasteiger partial charge is 0.191 e. The van der Waals surface area contributed by atoms with Crippen molar-refractivity contribution in [1.29, 1.82) is 0 Å². The number of ether oxygens (including phenoxy) is 2. The molecule has 0 spiro atoms. The van der Waals surface area contributed by atoms with Gasteiger partial charge in [0.15, 0.2) is 5.96 Å². The van der Waals surface area contributed by atoms with Gasteiger partial charge in [-0.2, -0.15) is 0 Å². The number of guanidine groups is 1. The quantitative estimate of drug-likeness (QED) is 0.293. The molecule has 0 fully saturated rings. The molecular weight excluding hydrogens is 476 g/mol. The predicted molar refractivity (Wildman–Crippen MR) is 119 cm³/mol. The van der Waals surface area contributed by atoms with Crippen molar-refractivity contribution in [1.82, 2.24) is 10.6 Å². The lowest BCUT2D eigenvalue weighted by atomic mass is 10.1. The molecule has 0 bridgehead atoms. The summed E-state index contributed by atoms with van der Waals surface area (Å²) in [6.45, 7) is 3.10. The lowest BCUT2D eigenvalue weighted by molar-refractivity contribution is 0.176. The third-order valence-corrected chi connectivity index (χ3v) is 3.97. The first kappa shape index (κ1) is 24.0. The molecule has 0 heterocycles. The van der Waals surface area contributed by atoms with Crippen LogP contribution in [0.25, 0.3) is 0 Å². The Balaban J connectivity index is 0.00000392. The van der Waals surface area contributed by atoms with E-state index in [0.29, 0.717) is 30.5 Å². The van der Waals surface area contributed by atoms with Gasteiger partial charge in [0, 0.05) is 30.3 Å². The molecule has 0 saturated carbocycles. The van der Waals surface area contributed by atoms with E-state index in [9.17, 15) is 9.50 Å². The first-order valence-electron chi connectivity index (χ1n) is 8.74. The Morgan fingerprint density at radius 2 is 1.89 bits per heavy atom. The molecule has 2 rings (SSSR count). The molecule has 2 aromatic rings. The van der Waals surface area contributed by atoms with E-state index in [-0.39, 0.29) is 36.1 Å². The van der Waals surface area contributed by atoms with Crippen molar-refractivity contribution < 1.29 is 19.0 Å². The molecule has 2 aromatic carbocycles. The highest BCUT2D eigenvalue weighted by atomic mass is 127. The van der Waals surface area contributed by atoms with Crippen LogP contribution >= 0.6 is 24.0 Å². The van der Waals surface area contributed by atoms with Crippen molar-refractivity contribution in [3.8, 4) is 11.5 Å². The Bertz CT molecular complexity index is 774. The van der Waals surface area contributed by atoms with Gasteiger partial charge in [-0.15, -0.1) is 24.0 Å². The van der Waals surface area contributed by atoms with Gasteiger partial charge in [-0.3, -0.25) is 0 Å². The number of halogens is 2. The molecule has 3 N–H and O–H groups in total. The largest absolute Gasteiger partial charge is 0.497 e. The summed E-state index contributed by atoms with van der Waals surface area (Å²) in [4.78, 5) is 4.50. The number of aliphatic imine (C=N–C) groups is 1. The second kappa shape index (κ2) is 12.4. The predicted octanol–water partition coefficient (Wildman–Crippen LogP) is 3.25. The van der Waals surface area contributed by atoms with E-state index in [2.05, 4.69) is 15.6 Å². The number of nitrogens with one attached hydrogen (secondary N) is 2. The van der Waals surface area contributed by atoms with Crippen LogP contribution in [0.3, 0.4) is 0 Å². The molecule has 0 aliphatic heterocycles. The van der Waals surface area contributed by atoms with Gasteiger partial charge in [0.2, 0.25) is 0 Å². The molecule has 0 amide bonds. The molecule has 28 heavy (non-hydrogen) atoms. The van der Waals surface area contributed by atoms with Crippen LogP contribution in [0.5, 0.6) is 11.5 Å². The standard InChI is InChI=1S/C20H26FN3O3.HI/c1-4-22-20(24-13-18(25)16-7-5-6-8-17(16)21)23-12-14-9-10-15(26-2)11-19(14)27-3;/h5-11,18,25H,4,12-13H2,1-3H3,(H2,22,23,24);1H. The molecule has 0 saturated heterocycles. The SMILES string of the molecule is CCNC(=NCc1ccc(OC)cc1OC)NCC(O)c1ccccc1F.I. The molecule has 0 aromatic heterocycles. The van der Waals surface area contributed by atoms with Crippen molar-refractivity contribution in [2.24, 2.45) is 4.99 Å². The number of hydrogen-bond donors (Lipinski definition) is 3. The van der Waals surface area contributed by atoms with Crippen LogP contribution < -0.4 is 20.1 Å². The van der Waals surface area contributed by atoms with Gasteiger partial charge in [0.1, 0.15) is 17.3 Å². The first-order chi connectivity index (χ1) is 13.1. The van der Waals surface area contributed by atoms with Gasteiger partial charge >= 0.3 is 0 Å². The van der Waals surface area contributed by atoms with Gasteiger partial charge in [-0.25, -0.2) is 9.38 Å². The summed E-state index contributed by atoms with van der Waals surface area (Å²) in [5.74, 6) is 1.47. The monoisotopic (exact) mass is 503 g/mol. The highest BCUT2D eigenvalue weighted by Gasteiger charge is 2.13. The number of nitrogens with zero attached hydrogens (tertiary/aromatic N) is 1. The minimum Gasteiger partial charge on any atom is -0.497 e. The Morgan fingerprint density at radius 1 is 1.14 bits per heavy atom. The summed E-state index contributed by atoms with van der Waals surface area (Å²) >= 11 is 0. The topological polar surface area (TPSA) is 75.1 Å². The van der Waals surface area contributed by atoms with Gasteiger partial charge in [-0.1, -0.05) is 18.2 Å². The molecule has 6 nitrogen and oxygen atoms in total. The molecule has 154 valence electrons. The fraction of sp³-hybridized carbons (Fsp3) is 0.350. The second-order valence-electron chi connectivity index (χ2n) is 5.79. The Morgan fingerprint density at radius 3 is 2.54 bits per heavy atom. The number of hydrogen-bond acceptors (Lipinski definition) is 4. The van der Waals surface area contributed by atoms with Crippen LogP contribution in [0.4, 0.5) is 4.39 Å². The van der Waals surface area contributed by atoms with E-state index in [0.717, 1.165) is 5.56 Å². The Hall–Kier alpha value is -2.07. The Labute approximate surface area is 182 Å². The number of aliphatic hydroxyl groups is 1. The summed E-state index contributed by atoms with van der Waals surface area (Å²) in [5, 5.41) is 16.4. The normalized spacial score (nSPS) is 12.0. The zero-order valence-electron chi connectivity index (χ0n) is 16.2. The first-order valence-corrected chi connectivity index (χ1v) is 8.74. The van der Waals surface area contributed by atoms with Gasteiger partial charge in [0.25, 0.3) is 0 Å². The van der Waals surface area contributed by atoms with Crippen molar-refractivity contribution >= 4 is 29.9 Å². The minimum atomic E-state index is -0.981. The average Bonchev–Trinajstić information content (AvgIpc) is 2.70. The van der Waals surface area contributed by atoms with E-state index < -0.39 is 11.9 Å². The number of methoxy groups -OCH3 is 2. The van der Waals surface area contributed by atoms with Gasteiger partial charge in [-0.05, 0) is 25.1 Å². The Kier molecular flexibility index (Phi) is 10.6. The zero-order valence-corrected chi connectivity index (χ0v) is 18.6. The maximum atomic E-state index is 13.8. The molecule has 0 radical (unpaired) electrons. The van der Waals surface area contributed by atoms with Crippen LogP contribution in [-0.4, -0.2) is 38.4 Å².